The van der Waals surface area contributed by atoms with Crippen LogP contribution in [0.4, 0.5) is 0 Å². The Morgan fingerprint density at radius 1 is 1.41 bits per heavy atom. The summed E-state index contributed by atoms with van der Waals surface area (Å²) < 4.78 is 2.34. The number of primary amides is 1. The van der Waals surface area contributed by atoms with Gasteiger partial charge < -0.3 is 15.2 Å². The van der Waals surface area contributed by atoms with E-state index in [0.717, 1.165) is 25.9 Å². The molecule has 0 saturated carbocycles. The molecule has 22 heavy (non-hydrogen) atoms. The number of hydrogen-bond acceptors (Lipinski definition) is 2. The van der Waals surface area contributed by atoms with Gasteiger partial charge in [0.15, 0.2) is 0 Å². The third kappa shape index (κ3) is 1.83. The molecule has 2 heterocycles. The van der Waals surface area contributed by atoms with E-state index < -0.39 is 0 Å². The highest BCUT2D eigenvalue weighted by atomic mass is 16.1. The van der Waals surface area contributed by atoms with Crippen molar-refractivity contribution in [1.29, 1.82) is 0 Å². The summed E-state index contributed by atoms with van der Waals surface area (Å²) in [7, 11) is 2.13. The molecule has 3 atom stereocenters. The molecule has 0 unspecified atom stereocenters. The third-order valence-electron chi connectivity index (χ3n) is 5.67. The Morgan fingerprint density at radius 3 is 2.95 bits per heavy atom. The van der Waals surface area contributed by atoms with Crippen molar-refractivity contribution in [3.8, 4) is 0 Å². The highest BCUT2D eigenvalue weighted by Crippen LogP contribution is 2.44. The molecule has 1 aliphatic carbocycles. The van der Waals surface area contributed by atoms with Crippen molar-refractivity contribution in [2.24, 2.45) is 11.7 Å². The molecule has 0 bridgehead atoms. The van der Waals surface area contributed by atoms with Crippen LogP contribution >= 0.6 is 0 Å². The van der Waals surface area contributed by atoms with Gasteiger partial charge in [0.1, 0.15) is 0 Å². The quantitative estimate of drug-likeness (QED) is 0.923. The lowest BCUT2D eigenvalue weighted by Gasteiger charge is -2.44. The van der Waals surface area contributed by atoms with Gasteiger partial charge in [-0.05, 0) is 44.0 Å². The Hall–Kier alpha value is -1.81. The number of likely N-dealkylation sites (N-methyl/N-ethyl adjacent to an activating group) is 1. The summed E-state index contributed by atoms with van der Waals surface area (Å²) in [5.41, 5.74) is 9.80. The number of aromatic nitrogens is 1. The lowest BCUT2D eigenvalue weighted by molar-refractivity contribution is -0.124. The highest BCUT2D eigenvalue weighted by molar-refractivity contribution is 5.89. The number of fused-ring (bicyclic) bond motifs is 2. The molecule has 116 valence electrons. The molecular weight excluding hydrogens is 274 g/mol. The van der Waals surface area contributed by atoms with Gasteiger partial charge in [-0.3, -0.25) is 4.79 Å². The zero-order chi connectivity index (χ0) is 15.4. The maximum Gasteiger partial charge on any atom is 0.221 e. The fourth-order valence-corrected chi connectivity index (χ4v) is 4.59. The van der Waals surface area contributed by atoms with Gasteiger partial charge in [-0.2, -0.15) is 0 Å². The molecule has 1 aliphatic heterocycles. The van der Waals surface area contributed by atoms with E-state index >= 15 is 0 Å². The van der Waals surface area contributed by atoms with Gasteiger partial charge in [-0.25, -0.2) is 0 Å². The van der Waals surface area contributed by atoms with Gasteiger partial charge in [0.25, 0.3) is 0 Å². The first kappa shape index (κ1) is 13.8. The van der Waals surface area contributed by atoms with Crippen molar-refractivity contribution >= 4 is 16.8 Å². The fourth-order valence-electron chi connectivity index (χ4n) is 4.59. The van der Waals surface area contributed by atoms with Gasteiger partial charge in [0, 0.05) is 42.1 Å². The largest absolute Gasteiger partial charge is 0.369 e. The second-order valence-electron chi connectivity index (χ2n) is 6.83. The SMILES string of the molecule is CCn1cc2c3c(cccc31)[C@H]1C[C@@H](C(N)=O)CN(C)[C@@H]1C2. The highest BCUT2D eigenvalue weighted by Gasteiger charge is 2.41. The maximum absolute atomic E-state index is 11.7. The Kier molecular flexibility index (Phi) is 3.05. The molecule has 1 amide bonds. The van der Waals surface area contributed by atoms with Crippen LogP contribution in [0.2, 0.25) is 0 Å². The molecule has 0 spiro atoms. The number of amides is 1. The van der Waals surface area contributed by atoms with Crippen LogP contribution in [0.3, 0.4) is 0 Å². The van der Waals surface area contributed by atoms with E-state index in [4.69, 9.17) is 5.73 Å². The van der Waals surface area contributed by atoms with E-state index in [-0.39, 0.29) is 11.8 Å². The number of carbonyl (C=O) groups excluding carboxylic acids is 1. The van der Waals surface area contributed by atoms with E-state index in [1.807, 2.05) is 0 Å². The molecule has 1 aromatic carbocycles. The van der Waals surface area contributed by atoms with Crippen molar-refractivity contribution < 1.29 is 4.79 Å². The Labute approximate surface area is 130 Å². The topological polar surface area (TPSA) is 51.3 Å². The van der Waals surface area contributed by atoms with E-state index in [2.05, 4.69) is 47.8 Å². The number of aryl methyl sites for hydroxylation is 1. The van der Waals surface area contributed by atoms with Crippen LogP contribution in [-0.2, 0) is 17.8 Å². The zero-order valence-corrected chi connectivity index (χ0v) is 13.2. The molecule has 2 aromatic rings. The molecule has 4 heteroatoms. The second kappa shape index (κ2) is 4.85. The van der Waals surface area contributed by atoms with Crippen LogP contribution in [-0.4, -0.2) is 35.0 Å². The van der Waals surface area contributed by atoms with Gasteiger partial charge in [-0.1, -0.05) is 12.1 Å². The number of benzene rings is 1. The maximum atomic E-state index is 11.7. The number of likely N-dealkylation sites (tertiary alicyclic amines) is 1. The average Bonchev–Trinajstić information content (AvgIpc) is 2.87. The van der Waals surface area contributed by atoms with Crippen molar-refractivity contribution in [2.45, 2.75) is 38.3 Å². The first-order valence-electron chi connectivity index (χ1n) is 8.20. The fraction of sp³-hybridized carbons (Fsp3) is 0.500. The summed E-state index contributed by atoms with van der Waals surface area (Å²) in [4.78, 5) is 14.0. The zero-order valence-electron chi connectivity index (χ0n) is 13.2. The number of rotatable bonds is 2. The number of nitrogens with zero attached hydrogens (tertiary/aromatic N) is 2. The first-order valence-corrected chi connectivity index (χ1v) is 8.20. The number of piperidine rings is 1. The Bertz CT molecular complexity index is 748. The molecule has 1 saturated heterocycles. The summed E-state index contributed by atoms with van der Waals surface area (Å²) in [6, 6.07) is 7.11. The summed E-state index contributed by atoms with van der Waals surface area (Å²) in [6.45, 7) is 3.97. The molecule has 0 radical (unpaired) electrons. The van der Waals surface area contributed by atoms with E-state index in [9.17, 15) is 4.79 Å². The van der Waals surface area contributed by atoms with Crippen LogP contribution in [0.15, 0.2) is 24.4 Å². The van der Waals surface area contributed by atoms with Gasteiger partial charge in [0.05, 0.1) is 5.92 Å². The molecule has 4 nitrogen and oxygen atoms in total. The van der Waals surface area contributed by atoms with Crippen LogP contribution in [0, 0.1) is 5.92 Å². The number of hydrogen-bond donors (Lipinski definition) is 1. The molecule has 1 fully saturated rings. The van der Waals surface area contributed by atoms with E-state index in [0.29, 0.717) is 12.0 Å². The first-order chi connectivity index (χ1) is 10.6. The van der Waals surface area contributed by atoms with Gasteiger partial charge in [-0.15, -0.1) is 0 Å². The molecule has 2 aliphatic rings. The lowest BCUT2D eigenvalue weighted by Crippen LogP contribution is -2.50. The average molecular weight is 297 g/mol. The normalized spacial score (nSPS) is 27.8. The third-order valence-corrected chi connectivity index (χ3v) is 5.67. The monoisotopic (exact) mass is 297 g/mol. The molecule has 1 aromatic heterocycles. The smallest absolute Gasteiger partial charge is 0.221 e. The van der Waals surface area contributed by atoms with Crippen molar-refractivity contribution in [3.05, 3.63) is 35.5 Å². The lowest BCUT2D eigenvalue weighted by atomic mass is 9.72. The van der Waals surface area contributed by atoms with Crippen molar-refractivity contribution in [2.75, 3.05) is 13.6 Å². The van der Waals surface area contributed by atoms with Crippen molar-refractivity contribution in [3.63, 3.8) is 0 Å². The summed E-state index contributed by atoms with van der Waals surface area (Å²) >= 11 is 0. The molecule has 2 N–H and O–H groups in total. The van der Waals surface area contributed by atoms with E-state index in [1.54, 1.807) is 0 Å². The summed E-state index contributed by atoms with van der Waals surface area (Å²) in [5, 5.41) is 1.42. The van der Waals surface area contributed by atoms with Crippen molar-refractivity contribution in [1.82, 2.24) is 9.47 Å². The molecule has 4 rings (SSSR count). The van der Waals surface area contributed by atoms with Crippen LogP contribution < -0.4 is 5.73 Å². The van der Waals surface area contributed by atoms with E-state index in [1.165, 1.54) is 22.0 Å². The number of nitrogens with two attached hydrogens (primary N) is 1. The predicted molar refractivity (Wildman–Crippen MR) is 87.8 cm³/mol. The minimum Gasteiger partial charge on any atom is -0.369 e. The molecular formula is C18H23N3O. The summed E-state index contributed by atoms with van der Waals surface area (Å²) in [6.07, 6.45) is 4.28. The number of carbonyl (C=O) groups is 1. The van der Waals surface area contributed by atoms with Gasteiger partial charge in [0.2, 0.25) is 5.91 Å². The summed E-state index contributed by atoms with van der Waals surface area (Å²) in [5.74, 6) is 0.228. The minimum atomic E-state index is -0.158. The minimum absolute atomic E-state index is 0.0312. The van der Waals surface area contributed by atoms with Crippen LogP contribution in [0.5, 0.6) is 0 Å². The van der Waals surface area contributed by atoms with Crippen LogP contribution in [0.25, 0.3) is 10.9 Å². The predicted octanol–water partition coefficient (Wildman–Crippen LogP) is 2.11. The standard InChI is InChI=1S/C18H23N3O/c1-3-21-10-11-8-16-14(7-12(18(19)22)9-20(16)2)13-5-4-6-15(21)17(11)13/h4-6,10,12,14,16H,3,7-9H2,1-2H3,(H2,19,22)/t12-,14-,16-/m1/s1. The second-order valence-corrected chi connectivity index (χ2v) is 6.83. The Balaban J connectivity index is 1.87. The van der Waals surface area contributed by atoms with Crippen LogP contribution in [0.1, 0.15) is 30.4 Å². The van der Waals surface area contributed by atoms with Gasteiger partial charge >= 0.3 is 0 Å². The Morgan fingerprint density at radius 2 is 2.23 bits per heavy atom.